The Morgan fingerprint density at radius 1 is 0.615 bits per heavy atom. The summed E-state index contributed by atoms with van der Waals surface area (Å²) < 4.78 is 49.8. The van der Waals surface area contributed by atoms with Crippen LogP contribution >= 0.6 is 0 Å². The quantitative estimate of drug-likeness (QED) is 0.0643. The monoisotopic (exact) mass is 957 g/mol. The summed E-state index contributed by atoms with van der Waals surface area (Å²) in [5.74, 6) is -5.78. The largest absolute Gasteiger partial charge is 0.477 e. The van der Waals surface area contributed by atoms with Gasteiger partial charge in [0, 0.05) is 13.3 Å². The van der Waals surface area contributed by atoms with Crippen LogP contribution in [0.25, 0.3) is 0 Å². The minimum atomic E-state index is -2.95. The molecule has 0 aliphatic carbocycles. The number of aliphatic carboxylic acids is 1. The number of carbonyl (C=O) groups is 2. The van der Waals surface area contributed by atoms with Crippen molar-refractivity contribution in [3.63, 3.8) is 0 Å². The molecule has 26 atom stereocenters. The number of carboxylic acid groups (broad SMARTS) is 1. The second kappa shape index (κ2) is 22.5. The van der Waals surface area contributed by atoms with E-state index in [4.69, 9.17) is 42.6 Å². The molecule has 5 fully saturated rings. The van der Waals surface area contributed by atoms with Crippen molar-refractivity contribution in [2.75, 3.05) is 33.0 Å². The van der Waals surface area contributed by atoms with Gasteiger partial charge in [0.1, 0.15) is 122 Å². The molecule has 0 spiro atoms. The second-order valence-corrected chi connectivity index (χ2v) is 16.1. The van der Waals surface area contributed by atoms with E-state index in [9.17, 15) is 102 Å². The maximum Gasteiger partial charge on any atom is 0.364 e. The maximum absolute atomic E-state index is 12.5. The van der Waals surface area contributed by atoms with E-state index < -0.39 is 210 Å². The Kier molecular flexibility index (Phi) is 18.7. The number of carbonyl (C=O) groups excluding carboxylic acids is 1. The van der Waals surface area contributed by atoms with Crippen LogP contribution in [-0.2, 0) is 52.2 Å². The normalized spacial score (nSPS) is 48.3. The molecule has 5 saturated heterocycles. The standard InChI is InChI=1S/C35H59NO29/c1-8(41)36-15-20(48)26(13(6-40)60-31(15)64-28-19(47)11(4-38)59-33(25(28)53)63-27-12(5-39)58-30(54)23(51)22(27)50)62-32-24(52)21(49)18(46)14(61-32)7-57-35(34(55)56)2-9(42)16(44)29(65-35)17(45)10(43)3-37/h9-33,37-40,42-54H,2-7H2,1H3,(H,36,41)(H,55,56)/t9-,10+,11+,12+,13+,14+,15+,16+,17+,18-,19-,20+,21-,22+,23+,24+,25+,26+,27+,28-,29+,30+,31-,32-,33-,35+/m0/s1. The van der Waals surface area contributed by atoms with Crippen LogP contribution in [0.3, 0.4) is 0 Å². The van der Waals surface area contributed by atoms with Crippen LogP contribution in [0, 0.1) is 0 Å². The van der Waals surface area contributed by atoms with Crippen LogP contribution in [0.4, 0.5) is 0 Å². The summed E-state index contributed by atoms with van der Waals surface area (Å²) in [4.78, 5) is 24.9. The van der Waals surface area contributed by atoms with E-state index >= 15 is 0 Å². The molecule has 1 amide bonds. The minimum Gasteiger partial charge on any atom is -0.477 e. The van der Waals surface area contributed by atoms with E-state index in [2.05, 4.69) is 5.32 Å². The Morgan fingerprint density at radius 2 is 1.15 bits per heavy atom. The van der Waals surface area contributed by atoms with Gasteiger partial charge in [0.25, 0.3) is 5.79 Å². The fourth-order valence-electron chi connectivity index (χ4n) is 7.99. The minimum absolute atomic E-state index is 0.864. The van der Waals surface area contributed by atoms with E-state index in [1.54, 1.807) is 0 Å². The van der Waals surface area contributed by atoms with Crippen molar-refractivity contribution < 1.29 is 144 Å². The van der Waals surface area contributed by atoms with Crippen LogP contribution in [0.1, 0.15) is 13.3 Å². The summed E-state index contributed by atoms with van der Waals surface area (Å²) in [6.45, 7) is -4.11. The summed E-state index contributed by atoms with van der Waals surface area (Å²) in [5, 5.41) is 190. The highest BCUT2D eigenvalue weighted by atomic mass is 16.8. The highest BCUT2D eigenvalue weighted by molar-refractivity contribution is 5.76. The van der Waals surface area contributed by atoms with Gasteiger partial charge in [-0.15, -0.1) is 0 Å². The molecule has 0 saturated carbocycles. The lowest BCUT2D eigenvalue weighted by atomic mass is 9.90. The average Bonchev–Trinajstić information content (AvgIpc) is 3.27. The molecule has 5 rings (SSSR count). The maximum atomic E-state index is 12.5. The van der Waals surface area contributed by atoms with Gasteiger partial charge in [-0.1, -0.05) is 0 Å². The number of hydrogen-bond acceptors (Lipinski definition) is 28. The van der Waals surface area contributed by atoms with Crippen molar-refractivity contribution in [3.8, 4) is 0 Å². The molecule has 19 N–H and O–H groups in total. The van der Waals surface area contributed by atoms with Crippen molar-refractivity contribution in [1.29, 1.82) is 0 Å². The number of aliphatic hydroxyl groups is 17. The molecule has 65 heavy (non-hydrogen) atoms. The molecular formula is C35H59NO29. The summed E-state index contributed by atoms with van der Waals surface area (Å²) in [7, 11) is 0. The molecule has 30 heteroatoms. The van der Waals surface area contributed by atoms with Crippen molar-refractivity contribution in [2.45, 2.75) is 172 Å². The van der Waals surface area contributed by atoms with Gasteiger partial charge in [-0.2, -0.15) is 0 Å². The molecule has 5 heterocycles. The van der Waals surface area contributed by atoms with Gasteiger partial charge >= 0.3 is 5.97 Å². The van der Waals surface area contributed by atoms with E-state index in [0.29, 0.717) is 0 Å². The lowest BCUT2D eigenvalue weighted by Crippen LogP contribution is -2.70. The van der Waals surface area contributed by atoms with Gasteiger partial charge in [-0.05, 0) is 0 Å². The highest BCUT2D eigenvalue weighted by Gasteiger charge is 2.58. The Balaban J connectivity index is 1.34. The third-order valence-corrected chi connectivity index (χ3v) is 11.7. The molecule has 0 aromatic heterocycles. The number of carboxylic acids is 1. The Labute approximate surface area is 366 Å². The average molecular weight is 958 g/mol. The first-order valence-corrected chi connectivity index (χ1v) is 20.2. The summed E-state index contributed by atoms with van der Waals surface area (Å²) in [6.07, 6.45) is -48.2. The molecule has 30 nitrogen and oxygen atoms in total. The smallest absolute Gasteiger partial charge is 0.364 e. The second-order valence-electron chi connectivity index (χ2n) is 16.1. The van der Waals surface area contributed by atoms with Crippen LogP contribution in [0.2, 0.25) is 0 Å². The van der Waals surface area contributed by atoms with Crippen LogP contribution in [-0.4, -0.2) is 296 Å². The van der Waals surface area contributed by atoms with Crippen LogP contribution < -0.4 is 5.32 Å². The summed E-state index contributed by atoms with van der Waals surface area (Å²) in [5.41, 5.74) is 0. The number of aliphatic hydroxyl groups excluding tert-OH is 17. The van der Waals surface area contributed by atoms with E-state index in [1.165, 1.54) is 0 Å². The predicted octanol–water partition coefficient (Wildman–Crippen LogP) is -12.6. The molecule has 5 aliphatic heterocycles. The predicted molar refractivity (Wildman–Crippen MR) is 195 cm³/mol. The third kappa shape index (κ3) is 11.3. The van der Waals surface area contributed by atoms with Gasteiger partial charge < -0.3 is 140 Å². The van der Waals surface area contributed by atoms with Crippen LogP contribution in [0.15, 0.2) is 0 Å². The fraction of sp³-hybridized carbons (Fsp3) is 0.943. The third-order valence-electron chi connectivity index (χ3n) is 11.7. The van der Waals surface area contributed by atoms with E-state index in [0.717, 1.165) is 6.92 Å². The molecule has 0 aromatic carbocycles. The lowest BCUT2D eigenvalue weighted by Gasteiger charge is -2.50. The van der Waals surface area contributed by atoms with Gasteiger partial charge in [-0.3, -0.25) is 4.79 Å². The molecule has 0 unspecified atom stereocenters. The first kappa shape index (κ1) is 53.8. The lowest BCUT2D eigenvalue weighted by molar-refractivity contribution is -0.382. The highest BCUT2D eigenvalue weighted by Crippen LogP contribution is 2.37. The zero-order valence-electron chi connectivity index (χ0n) is 34.2. The van der Waals surface area contributed by atoms with Gasteiger partial charge in [0.2, 0.25) is 5.91 Å². The van der Waals surface area contributed by atoms with Crippen molar-refractivity contribution in [3.05, 3.63) is 0 Å². The molecule has 0 bridgehead atoms. The number of hydrogen-bond donors (Lipinski definition) is 19. The number of ether oxygens (including phenoxy) is 9. The number of amides is 1. The Bertz CT molecular complexity index is 1540. The summed E-state index contributed by atoms with van der Waals surface area (Å²) >= 11 is 0. The SMILES string of the molecule is CC(=O)N[C@H]1[C@H](O[C@H]2[C@@H](O)[C@@H](CO)O[C@@H](O[C@H]3[C@H](O)[C@@H](O)[C@H](O)O[C@@H]3CO)[C@@H]2O)O[C@H](CO)[C@@H](O[C@@H]2O[C@H](CO[C@]3(C(=O)O)C[C@H](O)[C@@H](O)[C@H]([C@H](O)[C@H](O)CO)O3)[C@H](O)[C@H](O)[C@H]2O)[C@@H]1O. The first-order valence-electron chi connectivity index (χ1n) is 20.2. The van der Waals surface area contributed by atoms with Crippen molar-refractivity contribution >= 4 is 11.9 Å². The van der Waals surface area contributed by atoms with Gasteiger partial charge in [-0.25, -0.2) is 4.79 Å². The van der Waals surface area contributed by atoms with Crippen molar-refractivity contribution in [1.82, 2.24) is 5.32 Å². The first-order chi connectivity index (χ1) is 30.5. The molecule has 5 aliphatic rings. The Morgan fingerprint density at radius 3 is 1.72 bits per heavy atom. The molecule has 0 aromatic rings. The van der Waals surface area contributed by atoms with Gasteiger partial charge in [0.15, 0.2) is 25.2 Å². The topological polar surface area (TPSA) is 493 Å². The van der Waals surface area contributed by atoms with E-state index in [1.807, 2.05) is 0 Å². The number of rotatable bonds is 17. The van der Waals surface area contributed by atoms with Crippen molar-refractivity contribution in [2.24, 2.45) is 0 Å². The molecule has 378 valence electrons. The van der Waals surface area contributed by atoms with Gasteiger partial charge in [0.05, 0.1) is 39.1 Å². The summed E-state index contributed by atoms with van der Waals surface area (Å²) in [6, 6.07) is -1.79. The molecular weight excluding hydrogens is 898 g/mol. The van der Waals surface area contributed by atoms with E-state index in [-0.39, 0.29) is 0 Å². The molecule has 0 radical (unpaired) electrons. The zero-order chi connectivity index (χ0) is 48.4. The number of nitrogens with one attached hydrogen (secondary N) is 1. The Hall–Kier alpha value is -2.10. The fourth-order valence-corrected chi connectivity index (χ4v) is 7.99. The zero-order valence-corrected chi connectivity index (χ0v) is 34.2. The van der Waals surface area contributed by atoms with Crippen LogP contribution in [0.5, 0.6) is 0 Å².